The van der Waals surface area contributed by atoms with Crippen molar-refractivity contribution < 1.29 is 0 Å². The molecule has 0 aromatic carbocycles. The molecule has 19 heavy (non-hydrogen) atoms. The van der Waals surface area contributed by atoms with E-state index in [4.69, 9.17) is 0 Å². The van der Waals surface area contributed by atoms with Crippen LogP contribution in [0.4, 0.5) is 0 Å². The van der Waals surface area contributed by atoms with E-state index in [9.17, 15) is 0 Å². The van der Waals surface area contributed by atoms with Crippen LogP contribution in [0.3, 0.4) is 0 Å². The van der Waals surface area contributed by atoms with Gasteiger partial charge in [-0.15, -0.1) is 0 Å². The van der Waals surface area contributed by atoms with E-state index in [0.29, 0.717) is 0 Å². The van der Waals surface area contributed by atoms with Gasteiger partial charge in [0.25, 0.3) is 0 Å². The third-order valence-corrected chi connectivity index (χ3v) is 3.95. The van der Waals surface area contributed by atoms with Gasteiger partial charge in [0.2, 0.25) is 0 Å². The summed E-state index contributed by atoms with van der Waals surface area (Å²) >= 11 is 0. The number of piperidine rings is 1. The summed E-state index contributed by atoms with van der Waals surface area (Å²) in [5.41, 5.74) is 0. The Hall–Kier alpha value is -0.120. The molecule has 2 aliphatic heterocycles. The highest BCUT2D eigenvalue weighted by Crippen LogP contribution is 2.17. The minimum Gasteiger partial charge on any atom is -0.306 e. The topological polar surface area (TPSA) is 9.72 Å². The van der Waals surface area contributed by atoms with Crippen LogP contribution in [0.15, 0.2) is 0 Å². The molecule has 0 N–H and O–H groups in total. The van der Waals surface area contributed by atoms with Crippen LogP contribution in [0.25, 0.3) is 0 Å². The Morgan fingerprint density at radius 2 is 1.11 bits per heavy atom. The molecule has 2 heterocycles. The van der Waals surface area contributed by atoms with Crippen LogP contribution in [0.2, 0.25) is 0 Å². The fourth-order valence-electron chi connectivity index (χ4n) is 2.64. The zero-order valence-corrected chi connectivity index (χ0v) is 14.3. The van der Waals surface area contributed by atoms with E-state index >= 15 is 0 Å². The Morgan fingerprint density at radius 1 is 0.684 bits per heavy atom. The number of hydrogen-bond acceptors (Lipinski definition) is 3. The maximum atomic E-state index is 2.66. The van der Waals surface area contributed by atoms with Gasteiger partial charge in [0, 0.05) is 32.7 Å². The lowest BCUT2D eigenvalue weighted by atomic mass is 9.96. The molecule has 2 saturated heterocycles. The Kier molecular flexibility index (Phi) is 11.6. The van der Waals surface area contributed by atoms with Gasteiger partial charge in [-0.3, -0.25) is 0 Å². The zero-order chi connectivity index (χ0) is 14.7. The fourth-order valence-corrected chi connectivity index (χ4v) is 2.64. The van der Waals surface area contributed by atoms with Crippen molar-refractivity contribution in [1.29, 1.82) is 0 Å². The first-order valence-electron chi connectivity index (χ1n) is 8.33. The second-order valence-electron chi connectivity index (χ2n) is 5.35. The standard InChI is InChI=1S/C12H25N3.2C2H6/c1-13-5-3-12(4-6-13)11-15-9-7-14(2)8-10-15;2*1-2/h12H,3-11H2,1-2H3;2*1-2H3. The van der Waals surface area contributed by atoms with E-state index in [1.54, 1.807) is 0 Å². The number of likely N-dealkylation sites (N-methyl/N-ethyl adjacent to an activating group) is 1. The van der Waals surface area contributed by atoms with E-state index in [-0.39, 0.29) is 0 Å². The quantitative estimate of drug-likeness (QED) is 0.764. The SMILES string of the molecule is CC.CC.CN1CCC(CN2CCN(C)CC2)CC1. The summed E-state index contributed by atoms with van der Waals surface area (Å²) in [5, 5.41) is 0. The summed E-state index contributed by atoms with van der Waals surface area (Å²) in [6.45, 7) is 17.0. The molecule has 116 valence electrons. The fraction of sp³-hybridized carbons (Fsp3) is 1.00. The van der Waals surface area contributed by atoms with E-state index in [2.05, 4.69) is 28.8 Å². The Morgan fingerprint density at radius 3 is 1.58 bits per heavy atom. The Balaban J connectivity index is 0.000000741. The average molecular weight is 271 g/mol. The third kappa shape index (κ3) is 7.91. The van der Waals surface area contributed by atoms with E-state index < -0.39 is 0 Å². The predicted octanol–water partition coefficient (Wildman–Crippen LogP) is 2.63. The number of piperazine rings is 1. The first-order chi connectivity index (χ1) is 9.24. The van der Waals surface area contributed by atoms with E-state index in [1.165, 1.54) is 58.7 Å². The molecular formula is C16H37N3. The number of likely N-dealkylation sites (tertiary alicyclic amines) is 1. The van der Waals surface area contributed by atoms with Gasteiger partial charge >= 0.3 is 0 Å². The summed E-state index contributed by atoms with van der Waals surface area (Å²) < 4.78 is 0. The van der Waals surface area contributed by atoms with Crippen molar-refractivity contribution in [3.05, 3.63) is 0 Å². The van der Waals surface area contributed by atoms with Gasteiger partial charge < -0.3 is 14.7 Å². The van der Waals surface area contributed by atoms with Crippen molar-refractivity contribution in [3.8, 4) is 0 Å². The van der Waals surface area contributed by atoms with Crippen molar-refractivity contribution in [2.75, 3.05) is 59.9 Å². The molecule has 0 bridgehead atoms. The zero-order valence-electron chi connectivity index (χ0n) is 14.3. The average Bonchev–Trinajstić information content (AvgIpc) is 2.48. The summed E-state index contributed by atoms with van der Waals surface area (Å²) in [6.07, 6.45) is 2.81. The predicted molar refractivity (Wildman–Crippen MR) is 86.9 cm³/mol. The number of rotatable bonds is 2. The van der Waals surface area contributed by atoms with Gasteiger partial charge in [0.05, 0.1) is 0 Å². The lowest BCUT2D eigenvalue weighted by molar-refractivity contribution is 0.112. The first-order valence-corrected chi connectivity index (χ1v) is 8.33. The van der Waals surface area contributed by atoms with Crippen LogP contribution >= 0.6 is 0 Å². The minimum absolute atomic E-state index is 0.963. The molecule has 2 rings (SSSR count). The van der Waals surface area contributed by atoms with Crippen molar-refractivity contribution in [2.45, 2.75) is 40.5 Å². The smallest absolute Gasteiger partial charge is 0.0110 e. The van der Waals surface area contributed by atoms with Crippen molar-refractivity contribution in [2.24, 2.45) is 5.92 Å². The molecule has 0 unspecified atom stereocenters. The van der Waals surface area contributed by atoms with Crippen molar-refractivity contribution in [3.63, 3.8) is 0 Å². The maximum absolute atomic E-state index is 2.66. The Labute approximate surface area is 121 Å². The van der Waals surface area contributed by atoms with Crippen LogP contribution in [0.5, 0.6) is 0 Å². The van der Waals surface area contributed by atoms with Crippen LogP contribution in [-0.2, 0) is 0 Å². The van der Waals surface area contributed by atoms with E-state index in [1.807, 2.05) is 27.7 Å². The highest BCUT2D eigenvalue weighted by atomic mass is 15.2. The summed E-state index contributed by atoms with van der Waals surface area (Å²) in [4.78, 5) is 7.56. The summed E-state index contributed by atoms with van der Waals surface area (Å²) in [6, 6.07) is 0. The molecule has 2 fully saturated rings. The largest absolute Gasteiger partial charge is 0.306 e. The maximum Gasteiger partial charge on any atom is 0.0110 e. The van der Waals surface area contributed by atoms with Gasteiger partial charge in [-0.05, 0) is 45.9 Å². The van der Waals surface area contributed by atoms with Gasteiger partial charge in [-0.2, -0.15) is 0 Å². The lowest BCUT2D eigenvalue weighted by Gasteiger charge is -2.37. The number of nitrogens with zero attached hydrogens (tertiary/aromatic N) is 3. The molecular weight excluding hydrogens is 234 g/mol. The van der Waals surface area contributed by atoms with Gasteiger partial charge in [0.15, 0.2) is 0 Å². The second kappa shape index (κ2) is 11.7. The van der Waals surface area contributed by atoms with Crippen LogP contribution < -0.4 is 0 Å². The van der Waals surface area contributed by atoms with Gasteiger partial charge in [-0.25, -0.2) is 0 Å². The van der Waals surface area contributed by atoms with Crippen LogP contribution in [0.1, 0.15) is 40.5 Å². The number of hydrogen-bond donors (Lipinski definition) is 0. The molecule has 0 amide bonds. The van der Waals surface area contributed by atoms with Crippen molar-refractivity contribution in [1.82, 2.24) is 14.7 Å². The van der Waals surface area contributed by atoms with Gasteiger partial charge in [-0.1, -0.05) is 27.7 Å². The lowest BCUT2D eigenvalue weighted by Crippen LogP contribution is -2.47. The highest BCUT2D eigenvalue weighted by Gasteiger charge is 2.21. The first kappa shape index (κ1) is 18.9. The molecule has 3 heteroatoms. The molecule has 0 atom stereocenters. The second-order valence-corrected chi connectivity index (χ2v) is 5.35. The molecule has 0 aliphatic carbocycles. The molecule has 0 saturated carbocycles. The molecule has 0 spiro atoms. The van der Waals surface area contributed by atoms with Crippen molar-refractivity contribution >= 4 is 0 Å². The molecule has 2 aliphatic rings. The molecule has 0 radical (unpaired) electrons. The molecule has 3 nitrogen and oxygen atoms in total. The third-order valence-electron chi connectivity index (χ3n) is 3.95. The Bertz CT molecular complexity index is 160. The van der Waals surface area contributed by atoms with Crippen LogP contribution in [0, 0.1) is 5.92 Å². The molecule has 0 aromatic heterocycles. The highest BCUT2D eigenvalue weighted by molar-refractivity contribution is 4.76. The minimum atomic E-state index is 0.963. The monoisotopic (exact) mass is 271 g/mol. The summed E-state index contributed by atoms with van der Waals surface area (Å²) in [7, 11) is 4.47. The normalized spacial score (nSPS) is 23.1. The van der Waals surface area contributed by atoms with Gasteiger partial charge in [0.1, 0.15) is 0 Å². The van der Waals surface area contributed by atoms with Crippen LogP contribution in [-0.4, -0.2) is 74.6 Å². The molecule has 0 aromatic rings. The summed E-state index contributed by atoms with van der Waals surface area (Å²) in [5.74, 6) is 0.963. The van der Waals surface area contributed by atoms with E-state index in [0.717, 1.165) is 5.92 Å².